The van der Waals surface area contributed by atoms with Gasteiger partial charge in [0.05, 0.1) is 5.60 Å². The van der Waals surface area contributed by atoms with Crippen molar-refractivity contribution in [2.24, 2.45) is 0 Å². The van der Waals surface area contributed by atoms with Crippen LogP contribution in [0.1, 0.15) is 36.0 Å². The number of likely N-dealkylation sites (tertiary alicyclic amines) is 1. The molecule has 4 nitrogen and oxygen atoms in total. The number of methoxy groups -OCH3 is 2. The lowest BCUT2D eigenvalue weighted by atomic mass is 9.78. The molecule has 0 bridgehead atoms. The Kier molecular flexibility index (Phi) is 9.26. The van der Waals surface area contributed by atoms with Crippen molar-refractivity contribution in [3.63, 3.8) is 0 Å². The van der Waals surface area contributed by atoms with Crippen LogP contribution < -0.4 is 0 Å². The van der Waals surface area contributed by atoms with Gasteiger partial charge in [-0.05, 0) is 47.9 Å². The van der Waals surface area contributed by atoms with E-state index in [0.717, 1.165) is 50.9 Å². The number of piperidine rings is 1. The maximum absolute atomic E-state index is 12.3. The van der Waals surface area contributed by atoms with E-state index in [0.29, 0.717) is 6.42 Å². The molecule has 2 aliphatic rings. The van der Waals surface area contributed by atoms with Gasteiger partial charge in [-0.15, -0.1) is 11.8 Å². The van der Waals surface area contributed by atoms with Crippen molar-refractivity contribution in [1.29, 1.82) is 0 Å². The van der Waals surface area contributed by atoms with Crippen LogP contribution in [0.5, 0.6) is 0 Å². The molecule has 0 aromatic heterocycles. The van der Waals surface area contributed by atoms with Crippen molar-refractivity contribution in [2.45, 2.75) is 60.5 Å². The summed E-state index contributed by atoms with van der Waals surface area (Å²) in [4.78, 5) is 2.47. The molecule has 1 unspecified atom stereocenters. The molecule has 1 atom stereocenters. The lowest BCUT2D eigenvalue weighted by Crippen LogP contribution is -2.47. The highest BCUT2D eigenvalue weighted by Gasteiger charge is 2.48. The van der Waals surface area contributed by atoms with E-state index in [9.17, 15) is 5.11 Å². The smallest absolute Gasteiger partial charge is 0.158 e. The Morgan fingerprint density at radius 3 is 1.77 bits per heavy atom. The molecule has 5 rings (SSSR count). The SMILES string of the molecule is COC(CC1SC(Cc2ccccc2)(Cc2ccccc2)C=C1C1(O)CCN(Cc2ccccc2)CC1)OC. The molecule has 0 saturated carbocycles. The topological polar surface area (TPSA) is 41.9 Å². The second-order valence-corrected chi connectivity index (χ2v) is 12.6. The summed E-state index contributed by atoms with van der Waals surface area (Å²) in [7, 11) is 3.41. The second-order valence-electron chi connectivity index (χ2n) is 11.0. The Morgan fingerprint density at radius 2 is 1.28 bits per heavy atom. The Balaban J connectivity index is 1.44. The summed E-state index contributed by atoms with van der Waals surface area (Å²) in [6.45, 7) is 2.68. The van der Waals surface area contributed by atoms with Gasteiger partial charge in [0.2, 0.25) is 0 Å². The zero-order chi connectivity index (χ0) is 27.1. The molecule has 0 spiro atoms. The maximum atomic E-state index is 12.3. The third-order valence-electron chi connectivity index (χ3n) is 8.24. The molecule has 0 aliphatic carbocycles. The van der Waals surface area contributed by atoms with Gasteiger partial charge in [-0.25, -0.2) is 0 Å². The molecule has 0 amide bonds. The minimum Gasteiger partial charge on any atom is -0.385 e. The molecule has 1 saturated heterocycles. The van der Waals surface area contributed by atoms with Gasteiger partial charge in [-0.3, -0.25) is 4.90 Å². The Bertz CT molecular complexity index is 1150. The van der Waals surface area contributed by atoms with E-state index < -0.39 is 5.60 Å². The molecule has 39 heavy (non-hydrogen) atoms. The normalized spacial score (nSPS) is 20.7. The van der Waals surface area contributed by atoms with Gasteiger partial charge in [-0.2, -0.15) is 0 Å². The standard InChI is InChI=1S/C34H41NO3S/c1-37-32(38-2)22-31-30(34(36)18-20-35(21-19-34)26-29-16-10-5-11-17-29)25-33(39-31,23-27-12-6-3-7-13-27)24-28-14-8-4-9-15-28/h3-17,25,31-32,36H,18-24,26H2,1-2H3. The lowest BCUT2D eigenvalue weighted by molar-refractivity contribution is -0.106. The fourth-order valence-corrected chi connectivity index (χ4v) is 8.10. The van der Waals surface area contributed by atoms with Crippen LogP contribution in [-0.4, -0.2) is 59.2 Å². The highest BCUT2D eigenvalue weighted by atomic mass is 32.2. The predicted octanol–water partition coefficient (Wildman–Crippen LogP) is 6.29. The Labute approximate surface area is 238 Å². The summed E-state index contributed by atoms with van der Waals surface area (Å²) in [6.07, 6.45) is 6.14. The van der Waals surface area contributed by atoms with Gasteiger partial charge >= 0.3 is 0 Å². The van der Waals surface area contributed by atoms with E-state index >= 15 is 0 Å². The van der Waals surface area contributed by atoms with Gasteiger partial charge in [0.25, 0.3) is 0 Å². The summed E-state index contributed by atoms with van der Waals surface area (Å²) >= 11 is 1.98. The van der Waals surface area contributed by atoms with Crippen molar-refractivity contribution >= 4 is 11.8 Å². The number of rotatable bonds is 11. The fourth-order valence-electron chi connectivity index (χ4n) is 6.17. The zero-order valence-electron chi connectivity index (χ0n) is 23.2. The number of benzene rings is 3. The molecule has 206 valence electrons. The van der Waals surface area contributed by atoms with Crippen molar-refractivity contribution in [2.75, 3.05) is 27.3 Å². The van der Waals surface area contributed by atoms with Gasteiger partial charge in [0, 0.05) is 50.3 Å². The van der Waals surface area contributed by atoms with Crippen molar-refractivity contribution in [3.8, 4) is 0 Å². The van der Waals surface area contributed by atoms with Crippen LogP contribution in [-0.2, 0) is 28.9 Å². The van der Waals surface area contributed by atoms with Gasteiger partial charge < -0.3 is 14.6 Å². The first-order valence-corrected chi connectivity index (χ1v) is 14.9. The van der Waals surface area contributed by atoms with Gasteiger partial charge in [-0.1, -0.05) is 97.1 Å². The monoisotopic (exact) mass is 543 g/mol. The molecular weight excluding hydrogens is 502 g/mol. The number of nitrogens with zero attached hydrogens (tertiary/aromatic N) is 1. The molecule has 5 heteroatoms. The largest absolute Gasteiger partial charge is 0.385 e. The van der Waals surface area contributed by atoms with Crippen LogP contribution in [0.4, 0.5) is 0 Å². The van der Waals surface area contributed by atoms with Crippen LogP contribution in [0.15, 0.2) is 103 Å². The number of hydrogen-bond acceptors (Lipinski definition) is 5. The lowest BCUT2D eigenvalue weighted by Gasteiger charge is -2.41. The molecule has 0 radical (unpaired) electrons. The summed E-state index contributed by atoms with van der Waals surface area (Å²) < 4.78 is 11.2. The van der Waals surface area contributed by atoms with Crippen LogP contribution in [0, 0.1) is 0 Å². The van der Waals surface area contributed by atoms with Gasteiger partial charge in [0.15, 0.2) is 6.29 Å². The molecule has 3 aromatic rings. The number of hydrogen-bond donors (Lipinski definition) is 1. The van der Waals surface area contributed by atoms with Crippen LogP contribution >= 0.6 is 11.8 Å². The molecular formula is C34H41NO3S. The van der Waals surface area contributed by atoms with Crippen molar-refractivity contribution < 1.29 is 14.6 Å². The average molecular weight is 544 g/mol. The molecule has 2 aliphatic heterocycles. The molecule has 2 heterocycles. The van der Waals surface area contributed by atoms with E-state index in [-0.39, 0.29) is 16.3 Å². The number of thioether (sulfide) groups is 1. The Hall–Kier alpha value is -2.41. The third kappa shape index (κ3) is 7.03. The van der Waals surface area contributed by atoms with E-state index in [1.165, 1.54) is 16.7 Å². The Morgan fingerprint density at radius 1 is 0.795 bits per heavy atom. The summed E-state index contributed by atoms with van der Waals surface area (Å²) in [6, 6.07) is 32.1. The van der Waals surface area contributed by atoms with Gasteiger partial charge in [0.1, 0.15) is 0 Å². The summed E-state index contributed by atoms with van der Waals surface area (Å²) in [5.74, 6) is 0. The minimum absolute atomic E-state index is 0.119. The summed E-state index contributed by atoms with van der Waals surface area (Å²) in [5.41, 5.74) is 4.29. The number of ether oxygens (including phenoxy) is 2. The van der Waals surface area contributed by atoms with Crippen molar-refractivity contribution in [3.05, 3.63) is 119 Å². The number of aliphatic hydroxyl groups is 1. The molecule has 1 fully saturated rings. The van der Waals surface area contributed by atoms with E-state index in [2.05, 4.69) is 102 Å². The average Bonchev–Trinajstić information content (AvgIpc) is 3.32. The van der Waals surface area contributed by atoms with E-state index in [1.807, 2.05) is 11.8 Å². The molecule has 1 N–H and O–H groups in total. The van der Waals surface area contributed by atoms with E-state index in [1.54, 1.807) is 14.2 Å². The van der Waals surface area contributed by atoms with Crippen molar-refractivity contribution in [1.82, 2.24) is 4.90 Å². The highest BCUT2D eigenvalue weighted by molar-refractivity contribution is 8.01. The zero-order valence-corrected chi connectivity index (χ0v) is 24.0. The first-order chi connectivity index (χ1) is 19.0. The maximum Gasteiger partial charge on any atom is 0.158 e. The summed E-state index contributed by atoms with van der Waals surface area (Å²) in [5, 5.41) is 12.4. The van der Waals surface area contributed by atoms with Crippen LogP contribution in [0.2, 0.25) is 0 Å². The highest BCUT2D eigenvalue weighted by Crippen LogP contribution is 2.52. The first kappa shape index (κ1) is 28.1. The van der Waals surface area contributed by atoms with Crippen LogP contribution in [0.3, 0.4) is 0 Å². The predicted molar refractivity (Wildman–Crippen MR) is 161 cm³/mol. The fraction of sp³-hybridized carbons (Fsp3) is 0.412. The quantitative estimate of drug-likeness (QED) is 0.227. The third-order valence-corrected chi connectivity index (χ3v) is 9.84. The first-order valence-electron chi connectivity index (χ1n) is 14.0. The van der Waals surface area contributed by atoms with Crippen LogP contribution in [0.25, 0.3) is 0 Å². The second kappa shape index (κ2) is 12.8. The molecule has 3 aromatic carbocycles. The van der Waals surface area contributed by atoms with E-state index in [4.69, 9.17) is 9.47 Å². The minimum atomic E-state index is -0.827.